The molecular formula is C19H23NO4. The fourth-order valence-corrected chi connectivity index (χ4v) is 2.53. The van der Waals surface area contributed by atoms with Crippen LogP contribution in [0.5, 0.6) is 17.2 Å². The maximum atomic E-state index is 12.2. The maximum absolute atomic E-state index is 12.2. The van der Waals surface area contributed by atoms with Crippen LogP contribution in [0.1, 0.15) is 16.7 Å². The van der Waals surface area contributed by atoms with Gasteiger partial charge >= 0.3 is 0 Å². The van der Waals surface area contributed by atoms with Gasteiger partial charge in [-0.05, 0) is 61.7 Å². The fraction of sp³-hybridized carbons (Fsp3) is 0.316. The third-order valence-corrected chi connectivity index (χ3v) is 3.46. The molecule has 5 nitrogen and oxygen atoms in total. The second kappa shape index (κ2) is 7.73. The first-order chi connectivity index (χ1) is 11.4. The van der Waals surface area contributed by atoms with E-state index in [4.69, 9.17) is 14.2 Å². The standard InChI is InChI=1S/C19H23NO4/c1-12-6-13(2)8-15(7-12)20-18(21)11-24-19-16(22-4)9-14(3)10-17(19)23-5/h6-10H,11H2,1-5H3,(H,20,21). The van der Waals surface area contributed by atoms with E-state index in [1.807, 2.05) is 51.1 Å². The van der Waals surface area contributed by atoms with Crippen LogP contribution in [0.2, 0.25) is 0 Å². The van der Waals surface area contributed by atoms with E-state index in [0.717, 1.165) is 22.4 Å². The van der Waals surface area contributed by atoms with E-state index in [2.05, 4.69) is 5.32 Å². The van der Waals surface area contributed by atoms with E-state index >= 15 is 0 Å². The summed E-state index contributed by atoms with van der Waals surface area (Å²) in [4.78, 5) is 12.2. The van der Waals surface area contributed by atoms with Gasteiger partial charge in [-0.3, -0.25) is 4.79 Å². The van der Waals surface area contributed by atoms with Crippen molar-refractivity contribution >= 4 is 11.6 Å². The molecule has 0 fully saturated rings. The van der Waals surface area contributed by atoms with Crippen LogP contribution in [0.15, 0.2) is 30.3 Å². The molecule has 0 spiro atoms. The van der Waals surface area contributed by atoms with Crippen LogP contribution in [-0.2, 0) is 4.79 Å². The van der Waals surface area contributed by atoms with E-state index in [1.165, 1.54) is 0 Å². The largest absolute Gasteiger partial charge is 0.493 e. The molecule has 128 valence electrons. The molecule has 0 aliphatic rings. The monoisotopic (exact) mass is 329 g/mol. The summed E-state index contributed by atoms with van der Waals surface area (Å²) in [5, 5.41) is 2.83. The van der Waals surface area contributed by atoms with Crippen molar-refractivity contribution in [3.63, 3.8) is 0 Å². The molecular weight excluding hydrogens is 306 g/mol. The highest BCUT2D eigenvalue weighted by Crippen LogP contribution is 2.38. The summed E-state index contributed by atoms with van der Waals surface area (Å²) in [6, 6.07) is 9.55. The van der Waals surface area contributed by atoms with Gasteiger partial charge in [0.2, 0.25) is 5.75 Å². The van der Waals surface area contributed by atoms with Crippen molar-refractivity contribution in [2.45, 2.75) is 20.8 Å². The molecule has 2 aromatic carbocycles. The summed E-state index contributed by atoms with van der Waals surface area (Å²) in [5.74, 6) is 1.24. The number of carbonyl (C=O) groups is 1. The normalized spacial score (nSPS) is 10.2. The maximum Gasteiger partial charge on any atom is 0.262 e. The van der Waals surface area contributed by atoms with Crippen molar-refractivity contribution in [2.24, 2.45) is 0 Å². The molecule has 0 saturated carbocycles. The Morgan fingerprint density at radius 2 is 1.38 bits per heavy atom. The van der Waals surface area contributed by atoms with Crippen molar-refractivity contribution in [3.8, 4) is 17.2 Å². The van der Waals surface area contributed by atoms with Gasteiger partial charge in [-0.25, -0.2) is 0 Å². The zero-order chi connectivity index (χ0) is 17.7. The van der Waals surface area contributed by atoms with Gasteiger partial charge in [0.25, 0.3) is 5.91 Å². The summed E-state index contributed by atoms with van der Waals surface area (Å²) >= 11 is 0. The van der Waals surface area contributed by atoms with Crippen molar-refractivity contribution in [1.82, 2.24) is 0 Å². The number of amides is 1. The lowest BCUT2D eigenvalue weighted by atomic mass is 10.1. The molecule has 0 aliphatic heterocycles. The lowest BCUT2D eigenvalue weighted by molar-refractivity contribution is -0.118. The molecule has 0 unspecified atom stereocenters. The molecule has 0 aliphatic carbocycles. The molecule has 0 aromatic heterocycles. The number of rotatable bonds is 6. The minimum Gasteiger partial charge on any atom is -0.493 e. The van der Waals surface area contributed by atoms with E-state index in [-0.39, 0.29) is 12.5 Å². The number of benzene rings is 2. The van der Waals surface area contributed by atoms with Crippen molar-refractivity contribution < 1.29 is 19.0 Å². The first kappa shape index (κ1) is 17.7. The molecule has 0 bridgehead atoms. The van der Waals surface area contributed by atoms with Gasteiger partial charge in [-0.15, -0.1) is 0 Å². The summed E-state index contributed by atoms with van der Waals surface area (Å²) < 4.78 is 16.3. The average molecular weight is 329 g/mol. The van der Waals surface area contributed by atoms with Crippen LogP contribution in [0.3, 0.4) is 0 Å². The first-order valence-corrected chi connectivity index (χ1v) is 7.66. The van der Waals surface area contributed by atoms with Crippen molar-refractivity contribution in [3.05, 3.63) is 47.0 Å². The Kier molecular flexibility index (Phi) is 5.68. The predicted octanol–water partition coefficient (Wildman–Crippen LogP) is 3.65. The molecule has 0 saturated heterocycles. The Bertz CT molecular complexity index is 695. The zero-order valence-corrected chi connectivity index (χ0v) is 14.7. The number of aryl methyl sites for hydroxylation is 3. The molecule has 0 atom stereocenters. The van der Waals surface area contributed by atoms with Crippen LogP contribution in [0, 0.1) is 20.8 Å². The minimum absolute atomic E-state index is 0.136. The molecule has 24 heavy (non-hydrogen) atoms. The summed E-state index contributed by atoms with van der Waals surface area (Å²) in [7, 11) is 3.10. The third kappa shape index (κ3) is 4.41. The number of hydrogen-bond acceptors (Lipinski definition) is 4. The molecule has 2 rings (SSSR count). The highest BCUT2D eigenvalue weighted by Gasteiger charge is 2.15. The van der Waals surface area contributed by atoms with Gasteiger partial charge < -0.3 is 19.5 Å². The van der Waals surface area contributed by atoms with Crippen LogP contribution >= 0.6 is 0 Å². The summed E-state index contributed by atoms with van der Waals surface area (Å²) in [5.41, 5.74) is 3.92. The van der Waals surface area contributed by atoms with Crippen LogP contribution in [0.25, 0.3) is 0 Å². The third-order valence-electron chi connectivity index (χ3n) is 3.46. The molecule has 0 heterocycles. The average Bonchev–Trinajstić information content (AvgIpc) is 2.51. The van der Waals surface area contributed by atoms with Crippen molar-refractivity contribution in [1.29, 1.82) is 0 Å². The Morgan fingerprint density at radius 3 is 1.88 bits per heavy atom. The second-order valence-corrected chi connectivity index (χ2v) is 5.71. The fourth-order valence-electron chi connectivity index (χ4n) is 2.53. The van der Waals surface area contributed by atoms with Crippen LogP contribution < -0.4 is 19.5 Å². The highest BCUT2D eigenvalue weighted by atomic mass is 16.5. The Balaban J connectivity index is 2.09. The quantitative estimate of drug-likeness (QED) is 0.879. The predicted molar refractivity (Wildman–Crippen MR) is 94.3 cm³/mol. The summed E-state index contributed by atoms with van der Waals surface area (Å²) in [6.45, 7) is 5.77. The number of anilines is 1. The smallest absolute Gasteiger partial charge is 0.262 e. The number of ether oxygens (including phenoxy) is 3. The first-order valence-electron chi connectivity index (χ1n) is 7.66. The summed E-state index contributed by atoms with van der Waals surface area (Å²) in [6.07, 6.45) is 0. The SMILES string of the molecule is COc1cc(C)cc(OC)c1OCC(=O)Nc1cc(C)cc(C)c1. The van der Waals surface area contributed by atoms with Crippen LogP contribution in [-0.4, -0.2) is 26.7 Å². The van der Waals surface area contributed by atoms with Crippen LogP contribution in [0.4, 0.5) is 5.69 Å². The zero-order valence-electron chi connectivity index (χ0n) is 14.7. The van der Waals surface area contributed by atoms with Gasteiger partial charge in [0, 0.05) is 5.69 Å². The molecule has 2 aromatic rings. The highest BCUT2D eigenvalue weighted by molar-refractivity contribution is 5.92. The van der Waals surface area contributed by atoms with Gasteiger partial charge in [-0.1, -0.05) is 6.07 Å². The Labute approximate surface area is 142 Å². The molecule has 1 N–H and O–H groups in total. The number of nitrogens with one attached hydrogen (secondary N) is 1. The Hall–Kier alpha value is -2.69. The van der Waals surface area contributed by atoms with E-state index in [1.54, 1.807) is 14.2 Å². The van der Waals surface area contributed by atoms with Gasteiger partial charge in [0.05, 0.1) is 14.2 Å². The molecule has 1 amide bonds. The van der Waals surface area contributed by atoms with Crippen molar-refractivity contribution in [2.75, 3.05) is 26.1 Å². The number of methoxy groups -OCH3 is 2. The lowest BCUT2D eigenvalue weighted by Gasteiger charge is -2.15. The van der Waals surface area contributed by atoms with E-state index < -0.39 is 0 Å². The molecule has 5 heteroatoms. The second-order valence-electron chi connectivity index (χ2n) is 5.71. The van der Waals surface area contributed by atoms with Gasteiger partial charge in [0.15, 0.2) is 18.1 Å². The number of carbonyl (C=O) groups excluding carboxylic acids is 1. The molecule has 0 radical (unpaired) electrons. The van der Waals surface area contributed by atoms with Gasteiger partial charge in [0.1, 0.15) is 0 Å². The van der Waals surface area contributed by atoms with E-state index in [0.29, 0.717) is 17.2 Å². The topological polar surface area (TPSA) is 56.8 Å². The van der Waals surface area contributed by atoms with E-state index in [9.17, 15) is 4.79 Å². The Morgan fingerprint density at radius 1 is 0.875 bits per heavy atom. The lowest BCUT2D eigenvalue weighted by Crippen LogP contribution is -2.20. The number of hydrogen-bond donors (Lipinski definition) is 1. The van der Waals surface area contributed by atoms with Gasteiger partial charge in [-0.2, -0.15) is 0 Å². The minimum atomic E-state index is -0.246.